The fourth-order valence-corrected chi connectivity index (χ4v) is 0.997. The molecule has 0 aliphatic heterocycles. The molecule has 15 heavy (non-hydrogen) atoms. The van der Waals surface area contributed by atoms with Gasteiger partial charge in [-0.1, -0.05) is 13.0 Å². The Kier molecular flexibility index (Phi) is 6.83. The second kappa shape index (κ2) is 7.31. The third-order valence-electron chi connectivity index (χ3n) is 2.37. The van der Waals surface area contributed by atoms with Gasteiger partial charge in [-0.3, -0.25) is 5.32 Å². The zero-order valence-corrected chi connectivity index (χ0v) is 10.0. The molecule has 0 aromatic carbocycles. The Balaban J connectivity index is 4.40. The van der Waals surface area contributed by atoms with E-state index in [2.05, 4.69) is 19.2 Å². The van der Waals surface area contributed by atoms with Crippen LogP contribution in [0.15, 0.2) is 24.1 Å². The lowest BCUT2D eigenvalue weighted by Crippen LogP contribution is -2.40. The maximum atomic E-state index is 5.37. The van der Waals surface area contributed by atoms with Crippen LogP contribution in [-0.4, -0.2) is 26.5 Å². The van der Waals surface area contributed by atoms with Crippen molar-refractivity contribution >= 4 is 0 Å². The average Bonchev–Trinajstić information content (AvgIpc) is 2.28. The van der Waals surface area contributed by atoms with Gasteiger partial charge in [0.05, 0.1) is 13.8 Å². The Morgan fingerprint density at radius 2 is 2.13 bits per heavy atom. The zero-order valence-electron chi connectivity index (χ0n) is 10.0. The molecule has 0 spiro atoms. The summed E-state index contributed by atoms with van der Waals surface area (Å²) in [6.07, 6.45) is 6.26. The average molecular weight is 214 g/mol. The molecule has 88 valence electrons. The second-order valence-corrected chi connectivity index (χ2v) is 3.49. The number of rotatable bonds is 7. The highest BCUT2D eigenvalue weighted by Crippen LogP contribution is 2.12. The number of methoxy groups -OCH3 is 2. The molecule has 1 unspecified atom stereocenters. The summed E-state index contributed by atoms with van der Waals surface area (Å²) in [5.41, 5.74) is 5.26. The molecule has 0 aliphatic rings. The predicted octanol–water partition coefficient (Wildman–Crippen LogP) is 1.35. The molecule has 0 saturated carbocycles. The van der Waals surface area contributed by atoms with E-state index in [1.165, 1.54) is 6.20 Å². The van der Waals surface area contributed by atoms with Crippen LogP contribution in [-0.2, 0) is 9.47 Å². The van der Waals surface area contributed by atoms with E-state index in [0.29, 0.717) is 12.5 Å². The Morgan fingerprint density at radius 3 is 2.53 bits per heavy atom. The highest BCUT2D eigenvalue weighted by Gasteiger charge is 2.16. The van der Waals surface area contributed by atoms with Crippen LogP contribution < -0.4 is 11.1 Å². The largest absolute Gasteiger partial charge is 0.495 e. The summed E-state index contributed by atoms with van der Waals surface area (Å²) in [5.74, 6) is 0.647. The molecule has 0 aromatic heterocycles. The fraction of sp³-hybridized carbons (Fsp3) is 0.636. The normalized spacial score (nSPS) is 16.7. The molecule has 0 fully saturated rings. The van der Waals surface area contributed by atoms with Crippen LogP contribution in [0.5, 0.6) is 0 Å². The monoisotopic (exact) mass is 214 g/mol. The summed E-state index contributed by atoms with van der Waals surface area (Å²) in [5, 5.41) is 3.27. The van der Waals surface area contributed by atoms with Crippen molar-refractivity contribution in [1.82, 2.24) is 5.32 Å². The quantitative estimate of drug-likeness (QED) is 0.381. The van der Waals surface area contributed by atoms with E-state index in [4.69, 9.17) is 15.2 Å². The van der Waals surface area contributed by atoms with Gasteiger partial charge in [-0.25, -0.2) is 0 Å². The highest BCUT2D eigenvalue weighted by atomic mass is 16.5. The summed E-state index contributed by atoms with van der Waals surface area (Å²) in [6.45, 7) is 4.71. The van der Waals surface area contributed by atoms with E-state index < -0.39 is 0 Å². The molecule has 0 radical (unpaired) electrons. The van der Waals surface area contributed by atoms with Gasteiger partial charge in [-0.2, -0.15) is 0 Å². The molecular formula is C11H22N2O2. The van der Waals surface area contributed by atoms with Crippen molar-refractivity contribution < 1.29 is 9.47 Å². The number of nitrogens with two attached hydrogens (primary N) is 1. The minimum absolute atomic E-state index is 0.108. The van der Waals surface area contributed by atoms with Crippen molar-refractivity contribution in [2.24, 2.45) is 5.73 Å². The standard InChI is InChI=1S/C11H22N2O2/c1-5-11(2,13-9-14-3)7-6-10(8-12)15-4/h6-8,13H,5,9,12H2,1-4H3/b7-6-,10-8+. The Bertz CT molecular complexity index is 227. The van der Waals surface area contributed by atoms with Gasteiger partial charge in [0.15, 0.2) is 0 Å². The molecule has 0 bridgehead atoms. The SMILES string of the molecule is CCC(C)(/C=C\C(=C/N)OC)NCOC. The summed E-state index contributed by atoms with van der Waals surface area (Å²) < 4.78 is 10.0. The van der Waals surface area contributed by atoms with Gasteiger partial charge in [0, 0.05) is 18.8 Å². The molecule has 0 saturated heterocycles. The Hall–Kier alpha value is -1.00. The molecular weight excluding hydrogens is 192 g/mol. The molecule has 1 atom stereocenters. The van der Waals surface area contributed by atoms with E-state index in [0.717, 1.165) is 6.42 Å². The van der Waals surface area contributed by atoms with E-state index in [1.54, 1.807) is 14.2 Å². The van der Waals surface area contributed by atoms with Crippen molar-refractivity contribution in [2.75, 3.05) is 21.0 Å². The lowest BCUT2D eigenvalue weighted by Gasteiger charge is -2.25. The topological polar surface area (TPSA) is 56.5 Å². The minimum Gasteiger partial charge on any atom is -0.495 e. The van der Waals surface area contributed by atoms with Crippen LogP contribution in [0.3, 0.4) is 0 Å². The van der Waals surface area contributed by atoms with Gasteiger partial charge in [0.2, 0.25) is 0 Å². The summed E-state index contributed by atoms with van der Waals surface area (Å²) in [4.78, 5) is 0. The molecule has 0 amide bonds. The maximum Gasteiger partial charge on any atom is 0.134 e. The van der Waals surface area contributed by atoms with Crippen LogP contribution in [0.1, 0.15) is 20.3 Å². The van der Waals surface area contributed by atoms with Crippen LogP contribution in [0, 0.1) is 0 Å². The van der Waals surface area contributed by atoms with E-state index in [1.807, 2.05) is 12.2 Å². The summed E-state index contributed by atoms with van der Waals surface area (Å²) in [6, 6.07) is 0. The lowest BCUT2D eigenvalue weighted by atomic mass is 9.98. The first-order valence-electron chi connectivity index (χ1n) is 5.01. The van der Waals surface area contributed by atoms with E-state index in [9.17, 15) is 0 Å². The van der Waals surface area contributed by atoms with Crippen molar-refractivity contribution in [1.29, 1.82) is 0 Å². The van der Waals surface area contributed by atoms with Gasteiger partial charge in [-0.05, 0) is 19.4 Å². The number of nitrogens with one attached hydrogen (secondary N) is 1. The van der Waals surface area contributed by atoms with Gasteiger partial charge in [0.1, 0.15) is 5.76 Å². The molecule has 0 heterocycles. The van der Waals surface area contributed by atoms with Crippen molar-refractivity contribution in [2.45, 2.75) is 25.8 Å². The van der Waals surface area contributed by atoms with Gasteiger partial charge < -0.3 is 15.2 Å². The smallest absolute Gasteiger partial charge is 0.134 e. The van der Waals surface area contributed by atoms with Crippen LogP contribution in [0.4, 0.5) is 0 Å². The van der Waals surface area contributed by atoms with E-state index >= 15 is 0 Å². The zero-order chi connectivity index (χ0) is 11.7. The molecule has 0 aromatic rings. The third-order valence-corrected chi connectivity index (χ3v) is 2.37. The second-order valence-electron chi connectivity index (χ2n) is 3.49. The van der Waals surface area contributed by atoms with Gasteiger partial charge >= 0.3 is 0 Å². The highest BCUT2D eigenvalue weighted by molar-refractivity contribution is 5.16. The fourth-order valence-electron chi connectivity index (χ4n) is 0.997. The molecule has 4 nitrogen and oxygen atoms in total. The van der Waals surface area contributed by atoms with Crippen LogP contribution >= 0.6 is 0 Å². The first-order chi connectivity index (χ1) is 7.11. The summed E-state index contributed by atoms with van der Waals surface area (Å²) >= 11 is 0. The van der Waals surface area contributed by atoms with Gasteiger partial charge in [-0.15, -0.1) is 0 Å². The maximum absolute atomic E-state index is 5.37. The Labute approximate surface area is 92.1 Å². The van der Waals surface area contributed by atoms with Crippen molar-refractivity contribution in [3.63, 3.8) is 0 Å². The lowest BCUT2D eigenvalue weighted by molar-refractivity contribution is 0.150. The first-order valence-corrected chi connectivity index (χ1v) is 5.01. The number of allylic oxidation sites excluding steroid dienone is 1. The number of ether oxygens (including phenoxy) is 2. The number of hydrogen-bond acceptors (Lipinski definition) is 4. The van der Waals surface area contributed by atoms with Crippen LogP contribution in [0.2, 0.25) is 0 Å². The van der Waals surface area contributed by atoms with Crippen molar-refractivity contribution in [3.05, 3.63) is 24.1 Å². The molecule has 3 N–H and O–H groups in total. The summed E-state index contributed by atoms with van der Waals surface area (Å²) in [7, 11) is 3.25. The van der Waals surface area contributed by atoms with Crippen LogP contribution in [0.25, 0.3) is 0 Å². The molecule has 4 heteroatoms. The predicted molar refractivity (Wildman–Crippen MR) is 62.1 cm³/mol. The molecule has 0 rings (SSSR count). The molecule has 0 aliphatic carbocycles. The Morgan fingerprint density at radius 1 is 1.47 bits per heavy atom. The van der Waals surface area contributed by atoms with Gasteiger partial charge in [0.25, 0.3) is 0 Å². The first kappa shape index (κ1) is 14.0. The number of hydrogen-bond donors (Lipinski definition) is 2. The minimum atomic E-state index is -0.108. The van der Waals surface area contributed by atoms with E-state index in [-0.39, 0.29) is 5.54 Å². The third kappa shape index (κ3) is 5.44. The van der Waals surface area contributed by atoms with Crippen molar-refractivity contribution in [3.8, 4) is 0 Å².